The summed E-state index contributed by atoms with van der Waals surface area (Å²) in [5, 5.41) is 160. The Labute approximate surface area is 654 Å². The van der Waals surface area contributed by atoms with Crippen LogP contribution >= 0.6 is 15.9 Å². The number of carboxylic acids is 5. The van der Waals surface area contributed by atoms with Crippen molar-refractivity contribution in [3.8, 4) is 0 Å². The molecule has 3 fully saturated rings. The normalized spacial score (nSPS) is 22.5. The molecular formula is C67H90BrN5O37Pt. The van der Waals surface area contributed by atoms with Crippen LogP contribution in [0, 0.1) is 17.8 Å². The number of methoxy groups -OCH3 is 1. The van der Waals surface area contributed by atoms with Crippen LogP contribution in [0.2, 0.25) is 0 Å². The number of carbonyl (C=O) groups excluding carboxylic acids is 7. The molecule has 4 aromatic carbocycles. The van der Waals surface area contributed by atoms with Crippen LogP contribution in [-0.2, 0) is 143 Å². The second-order valence-electron chi connectivity index (χ2n) is 22.8. The van der Waals surface area contributed by atoms with Crippen molar-refractivity contribution in [2.24, 2.45) is 23.5 Å². The van der Waals surface area contributed by atoms with Crippen LogP contribution in [0.3, 0.4) is 0 Å². The molecule has 3 aliphatic rings. The number of amides is 2. The summed E-state index contributed by atoms with van der Waals surface area (Å²) in [7, 11) is 1.35. The van der Waals surface area contributed by atoms with Crippen molar-refractivity contribution in [3.05, 3.63) is 156 Å². The Morgan fingerprint density at radius 3 is 0.946 bits per heavy atom. The maximum absolute atomic E-state index is 12.1. The largest absolute Gasteiger partial charge is 2.00 e. The second kappa shape index (κ2) is 55.4. The smallest absolute Gasteiger partial charge is 0.693 e. The number of benzene rings is 4. The molecule has 25 N–H and O–H groups in total. The van der Waals surface area contributed by atoms with Crippen LogP contribution in [0.25, 0.3) is 12.3 Å². The summed E-state index contributed by atoms with van der Waals surface area (Å²) in [5.74, 6) is -19.0. The average Bonchev–Trinajstić information content (AvgIpc) is 0.820. The molecule has 3 heterocycles. The molecule has 3 saturated heterocycles. The number of carbonyl (C=O) groups is 12. The average molecular weight is 1830 g/mol. The number of ether oxygens (including phenoxy) is 8. The molecule has 15 atom stereocenters. The molecule has 0 aromatic heterocycles. The number of hydrogen-bond donors (Lipinski definition) is 20. The van der Waals surface area contributed by atoms with Gasteiger partial charge in [0.05, 0.1) is 52.2 Å². The molecule has 3 aliphatic heterocycles. The number of aliphatic hydroxyl groups is 12. The van der Waals surface area contributed by atoms with E-state index in [2.05, 4.69) is 20.7 Å². The second-order valence-corrected chi connectivity index (χ2v) is 23.4. The van der Waals surface area contributed by atoms with Crippen LogP contribution < -0.4 is 16.4 Å². The van der Waals surface area contributed by atoms with E-state index in [1.165, 1.54) is 7.11 Å². The van der Waals surface area contributed by atoms with Gasteiger partial charge in [0.1, 0.15) is 105 Å². The van der Waals surface area contributed by atoms with Gasteiger partial charge in [-0.2, -0.15) is 0 Å². The van der Waals surface area contributed by atoms with Gasteiger partial charge in [-0.1, -0.05) is 137 Å². The van der Waals surface area contributed by atoms with Crippen molar-refractivity contribution in [3.63, 3.8) is 0 Å². The molecule has 111 heavy (non-hydrogen) atoms. The van der Waals surface area contributed by atoms with E-state index in [0.717, 1.165) is 22.3 Å². The summed E-state index contributed by atoms with van der Waals surface area (Å²) in [4.78, 5) is 134. The maximum atomic E-state index is 12.1. The number of carboxylic acid groups (broad SMARTS) is 5. The molecule has 0 spiro atoms. The van der Waals surface area contributed by atoms with Gasteiger partial charge in [0.25, 0.3) is 0 Å². The van der Waals surface area contributed by atoms with E-state index < -0.39 is 214 Å². The van der Waals surface area contributed by atoms with Crippen molar-refractivity contribution in [2.75, 3.05) is 32.3 Å². The number of nitrogens with one attached hydrogen (secondary N) is 2. The monoisotopic (exact) mass is 1830 g/mol. The van der Waals surface area contributed by atoms with Crippen molar-refractivity contribution >= 4 is 87.4 Å². The summed E-state index contributed by atoms with van der Waals surface area (Å²) in [5.41, 5.74) is 8.50. The Bertz CT molecular complexity index is 3230. The zero-order valence-corrected chi connectivity index (χ0v) is 62.5. The molecule has 2 amide bonds. The minimum atomic E-state index is -1.99. The van der Waals surface area contributed by atoms with Crippen LogP contribution in [0.15, 0.2) is 121 Å². The number of rotatable bonds is 28. The zero-order valence-electron chi connectivity index (χ0n) is 58.6. The van der Waals surface area contributed by atoms with E-state index in [-0.39, 0.29) is 77.5 Å². The van der Waals surface area contributed by atoms with Gasteiger partial charge in [-0.25, -0.2) is 0 Å². The predicted octanol–water partition coefficient (Wildman–Crippen LogP) is -3.69. The molecule has 0 aliphatic carbocycles. The fourth-order valence-corrected chi connectivity index (χ4v) is 9.12. The first-order valence-electron chi connectivity index (χ1n) is 31.9. The molecule has 0 radical (unpaired) electrons. The van der Waals surface area contributed by atoms with Gasteiger partial charge in [0.2, 0.25) is 11.8 Å². The number of nitrogens with two attached hydrogens (primary N) is 3. The maximum Gasteiger partial charge on any atom is 2.00 e. The van der Waals surface area contributed by atoms with E-state index in [1.807, 2.05) is 83.4 Å². The summed E-state index contributed by atoms with van der Waals surface area (Å²) in [6.07, 6.45) is -20.4. The summed E-state index contributed by atoms with van der Waals surface area (Å²) < 4.78 is 38.6. The Morgan fingerprint density at radius 1 is 0.414 bits per heavy atom. The van der Waals surface area contributed by atoms with Crippen molar-refractivity contribution in [1.29, 1.82) is 0 Å². The minimum Gasteiger partial charge on any atom is -0.693 e. The molecule has 4 aromatic rings. The third-order valence-corrected chi connectivity index (χ3v) is 15.3. The topological polar surface area (TPSA) is 740 Å². The van der Waals surface area contributed by atoms with Crippen LogP contribution in [-0.4, -0.2) is 283 Å². The van der Waals surface area contributed by atoms with Gasteiger partial charge in [-0.3, -0.25) is 57.5 Å². The minimum absolute atomic E-state index is 0. The number of halogens is 1. The molecule has 7 rings (SSSR count). The quantitative estimate of drug-likeness (QED) is 0.0113. The Balaban J connectivity index is 0. The van der Waals surface area contributed by atoms with Crippen LogP contribution in [0.4, 0.5) is 0 Å². The first kappa shape index (κ1) is 104. The third-order valence-electron chi connectivity index (χ3n) is 14.9. The fraction of sp³-hybridized carbons (Fsp3) is 0.463. The number of aliphatic carboxylic acids is 5. The molecule has 42 nitrogen and oxygen atoms in total. The first-order valence-corrected chi connectivity index (χ1v) is 33.0. The number of aliphatic hydroxyl groups excluding tert-OH is 12. The predicted molar refractivity (Wildman–Crippen MR) is 370 cm³/mol. The Hall–Kier alpha value is -9.03. The summed E-state index contributed by atoms with van der Waals surface area (Å²) in [6, 6.07) is 32.3. The van der Waals surface area contributed by atoms with Gasteiger partial charge >= 0.3 is 80.8 Å². The van der Waals surface area contributed by atoms with E-state index in [4.69, 9.17) is 84.9 Å². The number of alkyl halides is 1. The first-order chi connectivity index (χ1) is 51.0. The number of hydrogen-bond acceptors (Lipinski definition) is 33. The van der Waals surface area contributed by atoms with Crippen molar-refractivity contribution in [2.45, 2.75) is 144 Å². The van der Waals surface area contributed by atoms with E-state index >= 15 is 0 Å². The molecule has 622 valence electrons. The molecule has 0 saturated carbocycles. The third kappa shape index (κ3) is 38.2. The van der Waals surface area contributed by atoms with E-state index in [9.17, 15) is 98.4 Å². The van der Waals surface area contributed by atoms with Gasteiger partial charge in [-0.15, -0.1) is 0 Å². The van der Waals surface area contributed by atoms with Gasteiger partial charge in [0.15, 0.2) is 36.6 Å². The molecule has 44 heteroatoms. The summed E-state index contributed by atoms with van der Waals surface area (Å²) in [6.45, 7) is -1.60. The fourth-order valence-electron chi connectivity index (χ4n) is 8.89. The molecular weight excluding hydrogens is 1740 g/mol. The van der Waals surface area contributed by atoms with Gasteiger partial charge in [0, 0.05) is 0 Å². The van der Waals surface area contributed by atoms with Crippen LogP contribution in [0.1, 0.15) is 47.9 Å². The zero-order chi connectivity index (χ0) is 81.3. The number of esters is 5. The van der Waals surface area contributed by atoms with Gasteiger partial charge in [-0.05, 0) is 22.3 Å². The van der Waals surface area contributed by atoms with Crippen molar-refractivity contribution in [1.82, 2.24) is 10.6 Å². The SMILES string of the molecule is COC(=O)CBr.N[C@H]1C(O)O[C@H](CO)[C@@H](O)[C@@H]1O.O=C(CC(=O)OCc1ccccc1)OCc1ccccc1.O=C(CC(C(=O)O)C(=O)O)N[C@H]1C(O)O[C@H](CO)[C@@H](O)[C@@H]1O.O=C(CC(C(=O)O)C(=O)O)N[C@H]1C(O)O[C@H](CO)[C@@H](O)[C@@H]1O.O=C(O)CC(C(=O)OCc1ccccc1)C(=O)OCc1ccccc1.[NH2-].[NH2-].[Pt+2]. The van der Waals surface area contributed by atoms with E-state index in [0.29, 0.717) is 0 Å². The molecule has 3 unspecified atom stereocenters. The summed E-state index contributed by atoms with van der Waals surface area (Å²) >= 11 is 2.90. The van der Waals surface area contributed by atoms with Crippen molar-refractivity contribution < 1.29 is 203 Å². The van der Waals surface area contributed by atoms with Gasteiger partial charge < -0.3 is 153 Å². The molecule has 0 bridgehead atoms. The Kier molecular flexibility index (Phi) is 51.9. The standard InChI is InChI=1S/C19H18O6.C17H16O4.2C11H17NO10.C6H13NO5.C3H5BrO2.2H2N.Pt/c20-17(21)11-16(18(22)24-12-14-7-3-1-4-8-14)19(23)25-13-15-9-5-2-6-10-15;18-16(20-12-14-7-3-1-4-8-14)11-17(19)21-13-15-9-5-2-6-10-15;2*13-2-4-7(15)8(16)6(11(21)22-4)12-5(14)1-3(9(17)18)10(19)20;7-3-5(10)4(9)2(1-8)12-6(3)11;1-6-3(5)2-4;;;/h1-10,16H,11-13H2,(H,20,21);1-10H,11-13H2;2*3-4,6-8,11,13,15-16,21H,1-2H2,(H,12,14)(H,17,18)(H,19,20);2-6,8-11H,1,7H2;2H2,1H3;2*1H2;/q;;;;;;2*-1;+2/t;;2*4-,6-,7-,8-,11?;2-,3-,4-,5-,6?;;;;/m..111..../s1. The van der Waals surface area contributed by atoms with E-state index in [1.54, 1.807) is 48.5 Å². The van der Waals surface area contributed by atoms with Crippen LogP contribution in [0.5, 0.6) is 0 Å². The Morgan fingerprint density at radius 2 is 0.694 bits per heavy atom.